The Morgan fingerprint density at radius 3 is 2.79 bits per heavy atom. The van der Waals surface area contributed by atoms with Gasteiger partial charge in [-0.3, -0.25) is 10.1 Å². The number of nitro benzene ring substituents is 1. The number of primary sulfonamides is 1. The van der Waals surface area contributed by atoms with Crippen molar-refractivity contribution in [3.05, 3.63) is 27.8 Å². The molecule has 1 aliphatic rings. The summed E-state index contributed by atoms with van der Waals surface area (Å²) < 4.78 is 22.6. The smallest absolute Gasteiger partial charge is 0.293 e. The van der Waals surface area contributed by atoms with Crippen LogP contribution in [-0.2, 0) is 16.4 Å². The molecule has 0 spiro atoms. The number of nitrogens with zero attached hydrogens (tertiary/aromatic N) is 2. The average molecular weight is 282 g/mol. The van der Waals surface area contributed by atoms with E-state index in [-0.39, 0.29) is 28.7 Å². The molecule has 1 aliphatic heterocycles. The van der Waals surface area contributed by atoms with Crippen molar-refractivity contribution in [3.63, 3.8) is 0 Å². The van der Waals surface area contributed by atoms with Crippen LogP contribution in [0.15, 0.2) is 17.0 Å². The molecule has 0 aromatic heterocycles. The van der Waals surface area contributed by atoms with Gasteiger partial charge in [-0.15, -0.1) is 0 Å². The largest absolute Gasteiger partial charge is 0.375 e. The lowest BCUT2D eigenvalue weighted by Crippen LogP contribution is -2.14. The van der Waals surface area contributed by atoms with Crippen LogP contribution in [0.5, 0.6) is 0 Å². The van der Waals surface area contributed by atoms with Crippen molar-refractivity contribution in [2.24, 2.45) is 5.14 Å². The fourth-order valence-corrected chi connectivity index (χ4v) is 2.63. The number of nitriles is 1. The van der Waals surface area contributed by atoms with E-state index in [1.165, 1.54) is 6.07 Å². The van der Waals surface area contributed by atoms with E-state index in [9.17, 15) is 18.5 Å². The Morgan fingerprint density at radius 1 is 1.58 bits per heavy atom. The minimum atomic E-state index is -4.01. The van der Waals surface area contributed by atoms with Crippen molar-refractivity contribution >= 4 is 21.4 Å². The third-order valence-electron chi connectivity index (χ3n) is 2.85. The third-order valence-corrected chi connectivity index (χ3v) is 3.74. The van der Waals surface area contributed by atoms with Crippen molar-refractivity contribution in [3.8, 4) is 6.07 Å². The molecule has 100 valence electrons. The summed E-state index contributed by atoms with van der Waals surface area (Å²) in [5, 5.41) is 27.5. The van der Waals surface area contributed by atoms with Crippen LogP contribution in [0.4, 0.5) is 11.4 Å². The summed E-state index contributed by atoms with van der Waals surface area (Å²) in [5.74, 6) is 0. The van der Waals surface area contributed by atoms with Gasteiger partial charge in [-0.2, -0.15) is 5.26 Å². The summed E-state index contributed by atoms with van der Waals surface area (Å²) >= 11 is 0. The molecule has 1 heterocycles. The standard InChI is InChI=1S/C10H10N4O4S/c11-2-1-7-3-6-4-8(19(12,17)18)5-9(14(15)16)10(6)13-7/h4-5,7,13H,1,3H2,(H2,12,17,18). The SMILES string of the molecule is N#CCC1Cc2cc(S(N)(=O)=O)cc([N+](=O)[O-])c2N1. The predicted molar refractivity (Wildman–Crippen MR) is 65.8 cm³/mol. The molecule has 1 atom stereocenters. The molecule has 9 heteroatoms. The van der Waals surface area contributed by atoms with Crippen molar-refractivity contribution in [1.29, 1.82) is 5.26 Å². The number of sulfonamides is 1. The molecule has 0 amide bonds. The van der Waals surface area contributed by atoms with Gasteiger partial charge in [-0.1, -0.05) is 0 Å². The summed E-state index contributed by atoms with van der Waals surface area (Å²) in [7, 11) is -4.01. The highest BCUT2D eigenvalue weighted by atomic mass is 32.2. The van der Waals surface area contributed by atoms with Gasteiger partial charge in [-0.25, -0.2) is 13.6 Å². The first-order valence-corrected chi connectivity index (χ1v) is 6.85. The van der Waals surface area contributed by atoms with Gasteiger partial charge in [0.2, 0.25) is 10.0 Å². The molecule has 0 saturated heterocycles. The monoisotopic (exact) mass is 282 g/mol. The molecule has 0 fully saturated rings. The van der Waals surface area contributed by atoms with Crippen LogP contribution in [-0.4, -0.2) is 19.4 Å². The second-order valence-electron chi connectivity index (χ2n) is 4.19. The molecular formula is C10H10N4O4S. The van der Waals surface area contributed by atoms with Gasteiger partial charge in [0.1, 0.15) is 5.69 Å². The maximum atomic E-state index is 11.3. The van der Waals surface area contributed by atoms with Crippen LogP contribution in [0.1, 0.15) is 12.0 Å². The molecule has 0 saturated carbocycles. The van der Waals surface area contributed by atoms with Gasteiger partial charge in [0.05, 0.1) is 22.3 Å². The Morgan fingerprint density at radius 2 is 2.26 bits per heavy atom. The maximum Gasteiger partial charge on any atom is 0.293 e. The van der Waals surface area contributed by atoms with E-state index in [4.69, 9.17) is 10.4 Å². The third kappa shape index (κ3) is 2.49. The Labute approximate surface area is 109 Å². The highest BCUT2D eigenvalue weighted by Crippen LogP contribution is 2.37. The molecule has 8 nitrogen and oxygen atoms in total. The summed E-state index contributed by atoms with van der Waals surface area (Å²) in [4.78, 5) is 10.0. The van der Waals surface area contributed by atoms with Crippen LogP contribution in [0, 0.1) is 21.4 Å². The van der Waals surface area contributed by atoms with E-state index in [1.807, 2.05) is 6.07 Å². The Balaban J connectivity index is 2.56. The second-order valence-corrected chi connectivity index (χ2v) is 5.75. The number of nitrogens with two attached hydrogens (primary N) is 1. The molecular weight excluding hydrogens is 272 g/mol. The summed E-state index contributed by atoms with van der Waals surface area (Å²) in [6.07, 6.45) is 0.531. The lowest BCUT2D eigenvalue weighted by molar-refractivity contribution is -0.384. The van der Waals surface area contributed by atoms with E-state index in [1.54, 1.807) is 0 Å². The zero-order valence-electron chi connectivity index (χ0n) is 9.66. The van der Waals surface area contributed by atoms with Gasteiger partial charge < -0.3 is 5.32 Å². The Hall–Kier alpha value is -2.18. The first-order valence-electron chi connectivity index (χ1n) is 5.30. The van der Waals surface area contributed by atoms with Crippen LogP contribution in [0.25, 0.3) is 0 Å². The highest BCUT2D eigenvalue weighted by Gasteiger charge is 2.30. The normalized spacial score (nSPS) is 17.4. The van der Waals surface area contributed by atoms with Gasteiger partial charge >= 0.3 is 0 Å². The molecule has 1 unspecified atom stereocenters. The van der Waals surface area contributed by atoms with E-state index < -0.39 is 14.9 Å². The molecule has 1 aromatic carbocycles. The first kappa shape index (κ1) is 13.3. The summed E-state index contributed by atoms with van der Waals surface area (Å²) in [6, 6.07) is 3.94. The van der Waals surface area contributed by atoms with E-state index in [0.29, 0.717) is 12.0 Å². The number of hydrogen-bond donors (Lipinski definition) is 2. The molecule has 19 heavy (non-hydrogen) atoms. The van der Waals surface area contributed by atoms with E-state index in [0.717, 1.165) is 6.07 Å². The van der Waals surface area contributed by atoms with Crippen molar-refractivity contribution in [2.45, 2.75) is 23.8 Å². The molecule has 0 bridgehead atoms. The van der Waals surface area contributed by atoms with Gasteiger partial charge in [-0.05, 0) is 18.1 Å². The Bertz CT molecular complexity index is 692. The zero-order valence-corrected chi connectivity index (χ0v) is 10.5. The molecule has 0 radical (unpaired) electrons. The molecule has 2 rings (SSSR count). The number of fused-ring (bicyclic) bond motifs is 1. The number of rotatable bonds is 3. The number of hydrogen-bond acceptors (Lipinski definition) is 6. The minimum Gasteiger partial charge on any atom is -0.375 e. The molecule has 3 N–H and O–H groups in total. The van der Waals surface area contributed by atoms with Crippen molar-refractivity contribution in [1.82, 2.24) is 0 Å². The van der Waals surface area contributed by atoms with Crippen LogP contribution in [0.3, 0.4) is 0 Å². The van der Waals surface area contributed by atoms with Crippen LogP contribution >= 0.6 is 0 Å². The van der Waals surface area contributed by atoms with Gasteiger partial charge in [0.25, 0.3) is 5.69 Å². The lowest BCUT2D eigenvalue weighted by atomic mass is 10.1. The lowest BCUT2D eigenvalue weighted by Gasteiger charge is -2.06. The molecule has 0 aliphatic carbocycles. The summed E-state index contributed by atoms with van der Waals surface area (Å²) in [5.41, 5.74) is 0.401. The van der Waals surface area contributed by atoms with E-state index in [2.05, 4.69) is 5.32 Å². The number of anilines is 1. The van der Waals surface area contributed by atoms with Crippen molar-refractivity contribution < 1.29 is 13.3 Å². The van der Waals surface area contributed by atoms with Gasteiger partial charge in [0.15, 0.2) is 0 Å². The quantitative estimate of drug-likeness (QED) is 0.611. The number of benzene rings is 1. The second kappa shape index (κ2) is 4.49. The van der Waals surface area contributed by atoms with Crippen LogP contribution < -0.4 is 10.5 Å². The van der Waals surface area contributed by atoms with E-state index >= 15 is 0 Å². The number of nitrogens with one attached hydrogen (secondary N) is 1. The summed E-state index contributed by atoms with van der Waals surface area (Å²) in [6.45, 7) is 0. The minimum absolute atomic E-state index is 0.177. The van der Waals surface area contributed by atoms with Crippen molar-refractivity contribution in [2.75, 3.05) is 5.32 Å². The fraction of sp³-hybridized carbons (Fsp3) is 0.300. The predicted octanol–water partition coefficient (Wildman–Crippen LogP) is 0.492. The highest BCUT2D eigenvalue weighted by molar-refractivity contribution is 7.89. The topological polar surface area (TPSA) is 139 Å². The average Bonchev–Trinajstić information content (AvgIpc) is 2.68. The fourth-order valence-electron chi connectivity index (χ4n) is 2.05. The molecule has 1 aromatic rings. The van der Waals surface area contributed by atoms with Gasteiger partial charge in [0, 0.05) is 12.1 Å². The number of nitro groups is 1. The first-order chi connectivity index (χ1) is 8.82. The Kier molecular flexibility index (Phi) is 3.13. The van der Waals surface area contributed by atoms with Crippen LogP contribution in [0.2, 0.25) is 0 Å². The zero-order chi connectivity index (χ0) is 14.2. The maximum absolute atomic E-state index is 11.3.